The maximum atomic E-state index is 9.56. The van der Waals surface area contributed by atoms with Crippen LogP contribution in [0.2, 0.25) is 0 Å². The SMILES string of the molecule is OCC[C@@H](C(c1ccccc1)c1ccccc1)n1cccc1. The molecule has 3 rings (SSSR count). The zero-order chi connectivity index (χ0) is 15.2. The van der Waals surface area contributed by atoms with E-state index in [1.807, 2.05) is 24.3 Å². The summed E-state index contributed by atoms with van der Waals surface area (Å²) in [5, 5.41) is 9.56. The smallest absolute Gasteiger partial charge is 0.0461 e. The molecule has 0 fully saturated rings. The molecule has 0 saturated carbocycles. The number of benzene rings is 2. The largest absolute Gasteiger partial charge is 0.396 e. The third kappa shape index (κ3) is 3.12. The molecule has 2 nitrogen and oxygen atoms in total. The summed E-state index contributed by atoms with van der Waals surface area (Å²) in [6, 6.07) is 25.4. The van der Waals surface area contributed by atoms with Crippen molar-refractivity contribution in [3.8, 4) is 0 Å². The second-order valence-corrected chi connectivity index (χ2v) is 5.51. The Morgan fingerprint density at radius 3 is 1.68 bits per heavy atom. The van der Waals surface area contributed by atoms with E-state index in [4.69, 9.17) is 0 Å². The van der Waals surface area contributed by atoms with E-state index in [9.17, 15) is 5.11 Å². The van der Waals surface area contributed by atoms with Crippen LogP contribution in [0.25, 0.3) is 0 Å². The molecular weight excluding hydrogens is 270 g/mol. The average Bonchev–Trinajstić information content (AvgIpc) is 3.11. The van der Waals surface area contributed by atoms with E-state index in [2.05, 4.69) is 65.5 Å². The van der Waals surface area contributed by atoms with Crippen molar-refractivity contribution in [3.63, 3.8) is 0 Å². The summed E-state index contributed by atoms with van der Waals surface area (Å²) in [6.45, 7) is 0.180. The molecule has 0 aliphatic rings. The average molecular weight is 291 g/mol. The van der Waals surface area contributed by atoms with E-state index >= 15 is 0 Å². The van der Waals surface area contributed by atoms with Gasteiger partial charge in [-0.2, -0.15) is 0 Å². The van der Waals surface area contributed by atoms with Gasteiger partial charge in [-0.3, -0.25) is 0 Å². The Kier molecular flexibility index (Phi) is 4.71. The Hall–Kier alpha value is -2.32. The Morgan fingerprint density at radius 1 is 0.727 bits per heavy atom. The van der Waals surface area contributed by atoms with E-state index in [0.717, 1.165) is 6.42 Å². The lowest BCUT2D eigenvalue weighted by Crippen LogP contribution is -2.19. The van der Waals surface area contributed by atoms with Gasteiger partial charge in [0.1, 0.15) is 0 Å². The molecule has 2 heteroatoms. The molecule has 0 bridgehead atoms. The first-order valence-electron chi connectivity index (χ1n) is 7.73. The first-order chi connectivity index (χ1) is 10.9. The molecule has 3 aromatic rings. The van der Waals surface area contributed by atoms with Gasteiger partial charge in [0.2, 0.25) is 0 Å². The molecule has 1 aromatic heterocycles. The monoisotopic (exact) mass is 291 g/mol. The lowest BCUT2D eigenvalue weighted by Gasteiger charge is -2.29. The molecule has 22 heavy (non-hydrogen) atoms. The summed E-state index contributed by atoms with van der Waals surface area (Å²) >= 11 is 0. The van der Waals surface area contributed by atoms with E-state index in [-0.39, 0.29) is 18.6 Å². The zero-order valence-electron chi connectivity index (χ0n) is 12.5. The van der Waals surface area contributed by atoms with Gasteiger partial charge in [0, 0.05) is 31.0 Å². The molecule has 0 aliphatic heterocycles. The lowest BCUT2D eigenvalue weighted by atomic mass is 9.83. The van der Waals surface area contributed by atoms with E-state index < -0.39 is 0 Å². The minimum absolute atomic E-state index is 0.180. The predicted molar refractivity (Wildman–Crippen MR) is 89.9 cm³/mol. The van der Waals surface area contributed by atoms with Crippen molar-refractivity contribution < 1.29 is 5.11 Å². The summed E-state index contributed by atoms with van der Waals surface area (Å²) in [6.07, 6.45) is 4.89. The van der Waals surface area contributed by atoms with Gasteiger partial charge in [-0.1, -0.05) is 60.7 Å². The number of aromatic nitrogens is 1. The number of aliphatic hydroxyl groups excluding tert-OH is 1. The highest BCUT2D eigenvalue weighted by Gasteiger charge is 2.25. The predicted octanol–water partition coefficient (Wildman–Crippen LogP) is 4.24. The summed E-state index contributed by atoms with van der Waals surface area (Å²) in [5.74, 6) is 0.224. The van der Waals surface area contributed by atoms with Crippen LogP contribution < -0.4 is 0 Å². The van der Waals surface area contributed by atoms with Gasteiger partial charge in [0.15, 0.2) is 0 Å². The summed E-state index contributed by atoms with van der Waals surface area (Å²) in [7, 11) is 0. The second-order valence-electron chi connectivity index (χ2n) is 5.51. The zero-order valence-corrected chi connectivity index (χ0v) is 12.5. The molecule has 1 atom stereocenters. The molecule has 0 unspecified atom stereocenters. The van der Waals surface area contributed by atoms with Crippen LogP contribution in [0.4, 0.5) is 0 Å². The number of hydrogen-bond donors (Lipinski definition) is 1. The van der Waals surface area contributed by atoms with Gasteiger partial charge in [0.05, 0.1) is 0 Å². The van der Waals surface area contributed by atoms with Crippen molar-refractivity contribution in [1.29, 1.82) is 0 Å². The number of aliphatic hydroxyl groups is 1. The molecule has 1 heterocycles. The highest BCUT2D eigenvalue weighted by atomic mass is 16.3. The number of nitrogens with zero attached hydrogens (tertiary/aromatic N) is 1. The first kappa shape index (κ1) is 14.6. The van der Waals surface area contributed by atoms with Crippen molar-refractivity contribution in [1.82, 2.24) is 4.57 Å². The Morgan fingerprint density at radius 2 is 1.23 bits per heavy atom. The fourth-order valence-electron chi connectivity index (χ4n) is 3.15. The molecule has 0 aliphatic carbocycles. The van der Waals surface area contributed by atoms with Crippen molar-refractivity contribution in [3.05, 3.63) is 96.3 Å². The number of rotatable bonds is 6. The van der Waals surface area contributed by atoms with Crippen LogP contribution in [0.15, 0.2) is 85.2 Å². The van der Waals surface area contributed by atoms with Crippen LogP contribution in [0.1, 0.15) is 29.5 Å². The van der Waals surface area contributed by atoms with Gasteiger partial charge in [-0.05, 0) is 29.7 Å². The van der Waals surface area contributed by atoms with E-state index in [1.54, 1.807) is 0 Å². The molecule has 0 amide bonds. The van der Waals surface area contributed by atoms with Crippen molar-refractivity contribution >= 4 is 0 Å². The van der Waals surface area contributed by atoms with Crippen molar-refractivity contribution in [2.24, 2.45) is 0 Å². The van der Waals surface area contributed by atoms with Gasteiger partial charge < -0.3 is 9.67 Å². The van der Waals surface area contributed by atoms with Gasteiger partial charge >= 0.3 is 0 Å². The van der Waals surface area contributed by atoms with Gasteiger partial charge in [-0.25, -0.2) is 0 Å². The highest BCUT2D eigenvalue weighted by Crippen LogP contribution is 2.37. The van der Waals surface area contributed by atoms with Crippen molar-refractivity contribution in [2.75, 3.05) is 6.61 Å². The second kappa shape index (κ2) is 7.10. The van der Waals surface area contributed by atoms with Crippen LogP contribution in [-0.2, 0) is 0 Å². The Bertz CT molecular complexity index is 622. The minimum atomic E-state index is 0.180. The van der Waals surface area contributed by atoms with Crippen LogP contribution in [-0.4, -0.2) is 16.3 Å². The quantitative estimate of drug-likeness (QED) is 0.722. The topological polar surface area (TPSA) is 25.2 Å². The molecule has 112 valence electrons. The third-order valence-electron chi connectivity index (χ3n) is 4.14. The molecule has 0 spiro atoms. The summed E-state index contributed by atoms with van der Waals surface area (Å²) in [4.78, 5) is 0. The summed E-state index contributed by atoms with van der Waals surface area (Å²) < 4.78 is 2.21. The number of hydrogen-bond acceptors (Lipinski definition) is 1. The van der Waals surface area contributed by atoms with Crippen LogP contribution in [0, 0.1) is 0 Å². The van der Waals surface area contributed by atoms with Gasteiger partial charge in [0.25, 0.3) is 0 Å². The fourth-order valence-corrected chi connectivity index (χ4v) is 3.15. The summed E-state index contributed by atoms with van der Waals surface area (Å²) in [5.41, 5.74) is 2.56. The van der Waals surface area contributed by atoms with Crippen molar-refractivity contribution in [2.45, 2.75) is 18.4 Å². The van der Waals surface area contributed by atoms with E-state index in [1.165, 1.54) is 11.1 Å². The van der Waals surface area contributed by atoms with Crippen LogP contribution >= 0.6 is 0 Å². The fraction of sp³-hybridized carbons (Fsp3) is 0.200. The molecular formula is C20H21NO. The standard InChI is InChI=1S/C20H21NO/c22-16-13-19(21-14-7-8-15-21)20(17-9-3-1-4-10-17)18-11-5-2-6-12-18/h1-12,14-15,19-20,22H,13,16H2/t19-/m0/s1. The normalized spacial score (nSPS) is 12.5. The molecule has 2 aromatic carbocycles. The minimum Gasteiger partial charge on any atom is -0.396 e. The Labute approximate surface area is 131 Å². The highest BCUT2D eigenvalue weighted by molar-refractivity contribution is 5.34. The van der Waals surface area contributed by atoms with E-state index in [0.29, 0.717) is 0 Å². The maximum Gasteiger partial charge on any atom is 0.0461 e. The van der Waals surface area contributed by atoms with Gasteiger partial charge in [-0.15, -0.1) is 0 Å². The molecule has 1 N–H and O–H groups in total. The Balaban J connectivity index is 2.07. The molecule has 0 radical (unpaired) electrons. The third-order valence-corrected chi connectivity index (χ3v) is 4.14. The van der Waals surface area contributed by atoms with Crippen LogP contribution in [0.3, 0.4) is 0 Å². The maximum absolute atomic E-state index is 9.56. The van der Waals surface area contributed by atoms with Crippen LogP contribution in [0.5, 0.6) is 0 Å². The lowest BCUT2D eigenvalue weighted by molar-refractivity contribution is 0.249. The first-order valence-corrected chi connectivity index (χ1v) is 7.73. The molecule has 0 saturated heterocycles.